The normalized spacial score (nSPS) is 14.1. The number of rotatable bonds is 4. The minimum Gasteiger partial charge on any atom is -0.460 e. The number of nitrogens with zero attached hydrogens (tertiary/aromatic N) is 1. The molecule has 2 rings (SSSR count). The molecule has 1 aromatic carbocycles. The summed E-state index contributed by atoms with van der Waals surface area (Å²) in [5, 5.41) is 11.8. The highest BCUT2D eigenvalue weighted by Crippen LogP contribution is 2.33. The summed E-state index contributed by atoms with van der Waals surface area (Å²) in [6.07, 6.45) is 1.34. The molecule has 1 atom stereocenters. The van der Waals surface area contributed by atoms with Gasteiger partial charge in [0.15, 0.2) is 0 Å². The van der Waals surface area contributed by atoms with Crippen molar-refractivity contribution in [3.63, 3.8) is 0 Å². The lowest BCUT2D eigenvalue weighted by Gasteiger charge is -2.29. The Kier molecular flexibility index (Phi) is 5.07. The number of pyridine rings is 1. The summed E-state index contributed by atoms with van der Waals surface area (Å²) in [4.78, 5) is 16.5. The van der Waals surface area contributed by atoms with Gasteiger partial charge in [-0.3, -0.25) is 9.78 Å². The summed E-state index contributed by atoms with van der Waals surface area (Å²) in [6, 6.07) is 11.9. The maximum atomic E-state index is 12.3. The number of carbonyl (C=O) groups excluding carboxylic acids is 1. The molecule has 1 aromatic heterocycles. The summed E-state index contributed by atoms with van der Waals surface area (Å²) < 4.78 is 5.35. The maximum absolute atomic E-state index is 12.3. The quantitative estimate of drug-likeness (QED) is 0.867. The van der Waals surface area contributed by atoms with Crippen LogP contribution in [-0.2, 0) is 15.1 Å². The molecule has 0 saturated carbocycles. The van der Waals surface area contributed by atoms with Crippen LogP contribution >= 0.6 is 11.6 Å². The molecule has 0 aliphatic rings. The molecule has 1 unspecified atom stereocenters. The SMILES string of the molecule is CC(C)(C)OC(=O)CC(O)(c1ccc(Cl)cc1)c1ccccn1. The number of hydrogen-bond acceptors (Lipinski definition) is 4. The smallest absolute Gasteiger partial charge is 0.310 e. The van der Waals surface area contributed by atoms with E-state index in [1.54, 1.807) is 69.4 Å². The molecule has 1 heterocycles. The van der Waals surface area contributed by atoms with Crippen LogP contribution in [0.25, 0.3) is 0 Å². The standard InChI is InChI=1S/C18H20ClNO3/c1-17(2,3)23-16(21)12-18(22,15-6-4-5-11-20-15)13-7-9-14(19)10-8-13/h4-11,22H,12H2,1-3H3. The van der Waals surface area contributed by atoms with Crippen molar-refractivity contribution in [2.24, 2.45) is 0 Å². The van der Waals surface area contributed by atoms with E-state index < -0.39 is 17.2 Å². The molecule has 23 heavy (non-hydrogen) atoms. The van der Waals surface area contributed by atoms with Gasteiger partial charge in [0.05, 0.1) is 12.1 Å². The van der Waals surface area contributed by atoms with Crippen LogP contribution in [0.15, 0.2) is 48.7 Å². The molecule has 0 aliphatic heterocycles. The monoisotopic (exact) mass is 333 g/mol. The molecule has 0 amide bonds. The summed E-state index contributed by atoms with van der Waals surface area (Å²) in [5.41, 5.74) is -1.28. The van der Waals surface area contributed by atoms with E-state index in [1.165, 1.54) is 0 Å². The highest BCUT2D eigenvalue weighted by Gasteiger charge is 2.37. The Morgan fingerprint density at radius 1 is 1.17 bits per heavy atom. The molecule has 4 nitrogen and oxygen atoms in total. The Morgan fingerprint density at radius 2 is 1.83 bits per heavy atom. The molecule has 0 radical (unpaired) electrons. The number of halogens is 1. The fraction of sp³-hybridized carbons (Fsp3) is 0.333. The van der Waals surface area contributed by atoms with Crippen LogP contribution in [0, 0.1) is 0 Å². The maximum Gasteiger partial charge on any atom is 0.310 e. The van der Waals surface area contributed by atoms with Gasteiger partial charge < -0.3 is 9.84 Å². The third kappa shape index (κ3) is 4.53. The van der Waals surface area contributed by atoms with E-state index in [2.05, 4.69) is 4.98 Å². The van der Waals surface area contributed by atoms with Gasteiger partial charge >= 0.3 is 5.97 Å². The third-order valence-electron chi connectivity index (χ3n) is 3.23. The van der Waals surface area contributed by atoms with E-state index in [-0.39, 0.29) is 6.42 Å². The first-order valence-electron chi connectivity index (χ1n) is 7.32. The zero-order chi connectivity index (χ0) is 17.1. The van der Waals surface area contributed by atoms with Crippen LogP contribution in [0.3, 0.4) is 0 Å². The van der Waals surface area contributed by atoms with Crippen LogP contribution in [0.5, 0.6) is 0 Å². The summed E-state index contributed by atoms with van der Waals surface area (Å²) in [5.74, 6) is -0.499. The van der Waals surface area contributed by atoms with Gasteiger partial charge in [-0.15, -0.1) is 0 Å². The molecule has 0 fully saturated rings. The molecule has 0 saturated heterocycles. The van der Waals surface area contributed by atoms with Crippen LogP contribution in [0.1, 0.15) is 38.4 Å². The lowest BCUT2D eigenvalue weighted by Crippen LogP contribution is -2.34. The number of aliphatic hydroxyl groups is 1. The molecule has 5 heteroatoms. The predicted octanol–water partition coefficient (Wildman–Crippen LogP) is 3.70. The molecule has 0 spiro atoms. The van der Waals surface area contributed by atoms with Gasteiger partial charge in [0, 0.05) is 11.2 Å². The zero-order valence-corrected chi connectivity index (χ0v) is 14.2. The summed E-state index contributed by atoms with van der Waals surface area (Å²) in [7, 11) is 0. The summed E-state index contributed by atoms with van der Waals surface area (Å²) >= 11 is 5.91. The molecule has 2 aromatic rings. The largest absolute Gasteiger partial charge is 0.460 e. The zero-order valence-electron chi connectivity index (χ0n) is 13.4. The van der Waals surface area contributed by atoms with E-state index >= 15 is 0 Å². The topological polar surface area (TPSA) is 59.4 Å². The average molecular weight is 334 g/mol. The first kappa shape index (κ1) is 17.4. The Balaban J connectivity index is 2.40. The van der Waals surface area contributed by atoms with E-state index in [1.807, 2.05) is 0 Å². The number of hydrogen-bond donors (Lipinski definition) is 1. The average Bonchev–Trinajstić information content (AvgIpc) is 2.46. The fourth-order valence-electron chi connectivity index (χ4n) is 2.26. The van der Waals surface area contributed by atoms with Crippen molar-refractivity contribution in [1.82, 2.24) is 4.98 Å². The van der Waals surface area contributed by atoms with Crippen LogP contribution in [0.2, 0.25) is 5.02 Å². The molecule has 0 bridgehead atoms. The second-order valence-electron chi connectivity index (χ2n) is 6.35. The third-order valence-corrected chi connectivity index (χ3v) is 3.48. The molecule has 1 N–H and O–H groups in total. The van der Waals surface area contributed by atoms with Gasteiger partial charge in [-0.1, -0.05) is 29.8 Å². The Labute approximate surface area is 141 Å². The summed E-state index contributed by atoms with van der Waals surface area (Å²) in [6.45, 7) is 5.35. The van der Waals surface area contributed by atoms with Gasteiger partial charge in [-0.05, 0) is 50.6 Å². The predicted molar refractivity (Wildman–Crippen MR) is 89.1 cm³/mol. The first-order chi connectivity index (χ1) is 10.7. The van der Waals surface area contributed by atoms with Gasteiger partial charge in [0.1, 0.15) is 11.2 Å². The van der Waals surface area contributed by atoms with Gasteiger partial charge in [-0.25, -0.2) is 0 Å². The lowest BCUT2D eigenvalue weighted by molar-refractivity contribution is -0.159. The highest BCUT2D eigenvalue weighted by molar-refractivity contribution is 6.30. The van der Waals surface area contributed by atoms with E-state index in [9.17, 15) is 9.90 Å². The number of benzene rings is 1. The van der Waals surface area contributed by atoms with Crippen molar-refractivity contribution in [3.8, 4) is 0 Å². The van der Waals surface area contributed by atoms with Crippen molar-refractivity contribution in [1.29, 1.82) is 0 Å². The van der Waals surface area contributed by atoms with Crippen molar-refractivity contribution in [2.75, 3.05) is 0 Å². The fourth-order valence-corrected chi connectivity index (χ4v) is 2.39. The highest BCUT2D eigenvalue weighted by atomic mass is 35.5. The van der Waals surface area contributed by atoms with Gasteiger partial charge in [0.2, 0.25) is 0 Å². The van der Waals surface area contributed by atoms with Crippen molar-refractivity contribution in [2.45, 2.75) is 38.4 Å². The second-order valence-corrected chi connectivity index (χ2v) is 6.78. The molecular weight excluding hydrogens is 314 g/mol. The van der Waals surface area contributed by atoms with E-state index in [0.29, 0.717) is 16.3 Å². The minimum atomic E-state index is -1.58. The van der Waals surface area contributed by atoms with E-state index in [4.69, 9.17) is 16.3 Å². The number of esters is 1. The first-order valence-corrected chi connectivity index (χ1v) is 7.70. The Hall–Kier alpha value is -1.91. The van der Waals surface area contributed by atoms with Crippen molar-refractivity contribution >= 4 is 17.6 Å². The van der Waals surface area contributed by atoms with E-state index in [0.717, 1.165) is 0 Å². The molecule has 122 valence electrons. The number of carbonyl (C=O) groups is 1. The van der Waals surface area contributed by atoms with Gasteiger partial charge in [-0.2, -0.15) is 0 Å². The van der Waals surface area contributed by atoms with Crippen molar-refractivity contribution < 1.29 is 14.6 Å². The molecule has 0 aliphatic carbocycles. The second kappa shape index (κ2) is 6.69. The van der Waals surface area contributed by atoms with Crippen LogP contribution in [-0.4, -0.2) is 21.7 Å². The molecular formula is C18H20ClNO3. The van der Waals surface area contributed by atoms with Crippen molar-refractivity contribution in [3.05, 3.63) is 64.9 Å². The Morgan fingerprint density at radius 3 is 2.35 bits per heavy atom. The number of aromatic nitrogens is 1. The van der Waals surface area contributed by atoms with Gasteiger partial charge in [0.25, 0.3) is 0 Å². The Bertz CT molecular complexity index is 665. The lowest BCUT2D eigenvalue weighted by atomic mass is 9.86. The van der Waals surface area contributed by atoms with Crippen LogP contribution < -0.4 is 0 Å². The van der Waals surface area contributed by atoms with Crippen LogP contribution in [0.4, 0.5) is 0 Å². The number of ether oxygens (including phenoxy) is 1. The minimum absolute atomic E-state index is 0.233.